The van der Waals surface area contributed by atoms with Gasteiger partial charge in [0.1, 0.15) is 11.5 Å². The molecule has 0 fully saturated rings. The molecule has 1 rings (SSSR count). The number of aromatic nitrogens is 2. The van der Waals surface area contributed by atoms with E-state index in [0.717, 1.165) is 0 Å². The largest absolute Gasteiger partial charge is 0.382 e. The second kappa shape index (κ2) is 2.53. The van der Waals surface area contributed by atoms with E-state index < -0.39 is 5.69 Å². The summed E-state index contributed by atoms with van der Waals surface area (Å²) in [5.74, 6) is -0.195. The molecule has 11 heavy (non-hydrogen) atoms. The minimum atomic E-state index is -0.477. The number of aryl methyl sites for hydroxylation is 1. The minimum absolute atomic E-state index is 0.195. The van der Waals surface area contributed by atoms with Crippen LogP contribution in [0.2, 0.25) is 0 Å². The van der Waals surface area contributed by atoms with Crippen molar-refractivity contribution in [2.24, 2.45) is 5.73 Å². The van der Waals surface area contributed by atoms with E-state index in [1.54, 1.807) is 13.0 Å². The first-order valence-corrected chi connectivity index (χ1v) is 3.02. The van der Waals surface area contributed by atoms with Gasteiger partial charge in [-0.2, -0.15) is 4.98 Å². The Morgan fingerprint density at radius 2 is 2.45 bits per heavy atom. The minimum Gasteiger partial charge on any atom is -0.382 e. The lowest BCUT2D eigenvalue weighted by Crippen LogP contribution is -2.21. The Labute approximate surface area is 62.8 Å². The van der Waals surface area contributed by atoms with E-state index in [4.69, 9.17) is 11.1 Å². The smallest absolute Gasteiger partial charge is 0.345 e. The van der Waals surface area contributed by atoms with Crippen molar-refractivity contribution in [3.05, 3.63) is 27.9 Å². The van der Waals surface area contributed by atoms with Crippen molar-refractivity contribution >= 4 is 5.84 Å². The molecule has 0 aliphatic carbocycles. The molecule has 0 amide bonds. The summed E-state index contributed by atoms with van der Waals surface area (Å²) in [6.07, 6.45) is 0. The Balaban J connectivity index is 3.30. The van der Waals surface area contributed by atoms with Crippen molar-refractivity contribution in [2.75, 3.05) is 0 Å². The molecule has 0 spiro atoms. The Morgan fingerprint density at radius 1 is 1.82 bits per heavy atom. The molecule has 0 saturated heterocycles. The molecule has 0 aliphatic heterocycles. The van der Waals surface area contributed by atoms with Crippen LogP contribution in [0.25, 0.3) is 0 Å². The van der Waals surface area contributed by atoms with E-state index in [-0.39, 0.29) is 11.5 Å². The first-order valence-electron chi connectivity index (χ1n) is 3.02. The zero-order chi connectivity index (χ0) is 8.43. The van der Waals surface area contributed by atoms with E-state index in [0.29, 0.717) is 5.69 Å². The fourth-order valence-corrected chi connectivity index (χ4v) is 0.717. The maximum absolute atomic E-state index is 10.7. The number of H-pyrrole nitrogens is 1. The summed E-state index contributed by atoms with van der Waals surface area (Å²) < 4.78 is 0. The van der Waals surface area contributed by atoms with Crippen molar-refractivity contribution in [1.82, 2.24) is 9.97 Å². The highest BCUT2D eigenvalue weighted by Gasteiger charge is 1.99. The van der Waals surface area contributed by atoms with E-state index >= 15 is 0 Å². The van der Waals surface area contributed by atoms with Gasteiger partial charge in [-0.3, -0.25) is 5.41 Å². The molecule has 1 aromatic rings. The predicted octanol–water partition coefficient (Wildman–Crippen LogP) is -0.638. The molecule has 1 aromatic heterocycles. The number of nitrogens with one attached hydrogen (secondary N) is 2. The lowest BCUT2D eigenvalue weighted by Gasteiger charge is -1.96. The topological polar surface area (TPSA) is 95.6 Å². The lowest BCUT2D eigenvalue weighted by molar-refractivity contribution is 1.01. The Hall–Kier alpha value is -1.65. The molecule has 0 unspecified atom stereocenters. The van der Waals surface area contributed by atoms with Crippen molar-refractivity contribution in [1.29, 1.82) is 5.41 Å². The quantitative estimate of drug-likeness (QED) is 0.369. The summed E-state index contributed by atoms with van der Waals surface area (Å²) >= 11 is 0. The molecule has 0 aromatic carbocycles. The van der Waals surface area contributed by atoms with E-state index in [1.807, 2.05) is 0 Å². The fraction of sp³-hybridized carbons (Fsp3) is 0.167. The third kappa shape index (κ3) is 1.64. The third-order valence-corrected chi connectivity index (χ3v) is 1.16. The van der Waals surface area contributed by atoms with Crippen molar-refractivity contribution in [2.45, 2.75) is 6.92 Å². The summed E-state index contributed by atoms with van der Waals surface area (Å²) in [6, 6.07) is 1.55. The van der Waals surface area contributed by atoms with Crippen LogP contribution in [-0.2, 0) is 0 Å². The Kier molecular flexibility index (Phi) is 1.72. The van der Waals surface area contributed by atoms with Gasteiger partial charge < -0.3 is 10.7 Å². The summed E-state index contributed by atoms with van der Waals surface area (Å²) in [5.41, 5.74) is 5.51. The van der Waals surface area contributed by atoms with Crippen LogP contribution in [-0.4, -0.2) is 15.8 Å². The SMILES string of the molecule is Cc1cc(C(=N)N)nc(=O)[nH]1. The van der Waals surface area contributed by atoms with Crippen LogP contribution in [0.1, 0.15) is 11.4 Å². The number of hydrogen-bond acceptors (Lipinski definition) is 3. The number of nitrogen functional groups attached to an aromatic ring is 1. The molecule has 0 radical (unpaired) electrons. The molecule has 0 bridgehead atoms. The second-order valence-corrected chi connectivity index (χ2v) is 2.17. The molecule has 1 heterocycles. The van der Waals surface area contributed by atoms with E-state index in [2.05, 4.69) is 9.97 Å². The zero-order valence-electron chi connectivity index (χ0n) is 6.01. The molecule has 0 aliphatic rings. The summed E-state index contributed by atoms with van der Waals surface area (Å²) in [6.45, 7) is 1.70. The van der Waals surface area contributed by atoms with Gasteiger partial charge in [-0.1, -0.05) is 0 Å². The van der Waals surface area contributed by atoms with Crippen LogP contribution in [0.4, 0.5) is 0 Å². The van der Waals surface area contributed by atoms with Gasteiger partial charge in [-0.15, -0.1) is 0 Å². The number of amidine groups is 1. The van der Waals surface area contributed by atoms with Gasteiger partial charge in [-0.25, -0.2) is 4.79 Å². The average molecular weight is 152 g/mol. The number of aromatic amines is 1. The lowest BCUT2D eigenvalue weighted by atomic mass is 10.3. The molecule has 58 valence electrons. The number of nitrogens with two attached hydrogens (primary N) is 1. The summed E-state index contributed by atoms with van der Waals surface area (Å²) in [5, 5.41) is 6.99. The van der Waals surface area contributed by atoms with Gasteiger partial charge in [0.05, 0.1) is 0 Å². The number of nitrogens with zero attached hydrogens (tertiary/aromatic N) is 1. The molecule has 5 heteroatoms. The highest BCUT2D eigenvalue weighted by molar-refractivity contribution is 5.92. The van der Waals surface area contributed by atoms with Crippen molar-refractivity contribution in [3.63, 3.8) is 0 Å². The molecule has 4 N–H and O–H groups in total. The van der Waals surface area contributed by atoms with Gasteiger partial charge in [-0.05, 0) is 13.0 Å². The van der Waals surface area contributed by atoms with Crippen LogP contribution in [0, 0.1) is 12.3 Å². The maximum atomic E-state index is 10.7. The summed E-state index contributed by atoms with van der Waals surface area (Å²) in [4.78, 5) is 16.6. The van der Waals surface area contributed by atoms with Gasteiger partial charge in [0.25, 0.3) is 0 Å². The van der Waals surface area contributed by atoms with Crippen LogP contribution in [0.15, 0.2) is 10.9 Å². The van der Waals surface area contributed by atoms with Crippen LogP contribution >= 0.6 is 0 Å². The number of hydrogen-bond donors (Lipinski definition) is 3. The van der Waals surface area contributed by atoms with Crippen molar-refractivity contribution < 1.29 is 0 Å². The van der Waals surface area contributed by atoms with Gasteiger partial charge >= 0.3 is 5.69 Å². The maximum Gasteiger partial charge on any atom is 0.345 e. The predicted molar refractivity (Wildman–Crippen MR) is 40.6 cm³/mol. The molecule has 0 saturated carbocycles. The third-order valence-electron chi connectivity index (χ3n) is 1.16. The standard InChI is InChI=1S/C6H8N4O/c1-3-2-4(5(7)8)10-6(11)9-3/h2H,1H3,(H3,7,8)(H,9,10,11). The Bertz CT molecular complexity index is 341. The van der Waals surface area contributed by atoms with Crippen molar-refractivity contribution in [3.8, 4) is 0 Å². The monoisotopic (exact) mass is 152 g/mol. The first-order chi connectivity index (χ1) is 5.09. The highest BCUT2D eigenvalue weighted by atomic mass is 16.1. The highest BCUT2D eigenvalue weighted by Crippen LogP contribution is 1.90. The van der Waals surface area contributed by atoms with E-state index in [1.165, 1.54) is 0 Å². The normalized spacial score (nSPS) is 9.55. The molecular weight excluding hydrogens is 144 g/mol. The van der Waals surface area contributed by atoms with Crippen LogP contribution < -0.4 is 11.4 Å². The molecular formula is C6H8N4O. The van der Waals surface area contributed by atoms with E-state index in [9.17, 15) is 4.79 Å². The van der Waals surface area contributed by atoms with Gasteiger partial charge in [0, 0.05) is 5.69 Å². The Morgan fingerprint density at radius 3 is 2.91 bits per heavy atom. The number of rotatable bonds is 1. The van der Waals surface area contributed by atoms with Crippen LogP contribution in [0.3, 0.4) is 0 Å². The summed E-state index contributed by atoms with van der Waals surface area (Å²) in [7, 11) is 0. The second-order valence-electron chi connectivity index (χ2n) is 2.17. The first kappa shape index (κ1) is 7.46. The zero-order valence-corrected chi connectivity index (χ0v) is 6.01. The van der Waals surface area contributed by atoms with Gasteiger partial charge in [0.15, 0.2) is 0 Å². The fourth-order valence-electron chi connectivity index (χ4n) is 0.717. The molecule has 5 nitrogen and oxygen atoms in total. The average Bonchev–Trinajstić information content (AvgIpc) is 1.85. The molecule has 0 atom stereocenters. The van der Waals surface area contributed by atoms with Gasteiger partial charge in [0.2, 0.25) is 0 Å². The van der Waals surface area contributed by atoms with Crippen LogP contribution in [0.5, 0.6) is 0 Å².